The molecule has 0 heterocycles. The highest BCUT2D eigenvalue weighted by Gasteiger charge is 2.36. The molecular weight excluding hydrogens is 291 g/mol. The summed E-state index contributed by atoms with van der Waals surface area (Å²) in [7, 11) is 0. The van der Waals surface area contributed by atoms with Crippen LogP contribution in [0.4, 0.5) is 4.39 Å². The predicted octanol–water partition coefficient (Wildman–Crippen LogP) is 4.07. The maximum atomic E-state index is 12.9. The Morgan fingerprint density at radius 2 is 2.19 bits per heavy atom. The lowest BCUT2D eigenvalue weighted by molar-refractivity contribution is 0.0824. The summed E-state index contributed by atoms with van der Waals surface area (Å²) >= 11 is 7.66. The van der Waals surface area contributed by atoms with E-state index in [0.717, 1.165) is 5.75 Å². The fraction of sp³-hybridized carbons (Fsp3) is 0.500. The fourth-order valence-electron chi connectivity index (χ4n) is 1.85. The van der Waals surface area contributed by atoms with E-state index in [9.17, 15) is 4.39 Å². The average molecular weight is 305 g/mol. The van der Waals surface area contributed by atoms with E-state index in [-0.39, 0.29) is 11.2 Å². The van der Waals surface area contributed by atoms with Crippen LogP contribution in [0.25, 0.3) is 0 Å². The quantitative estimate of drug-likeness (QED) is 0.825. The van der Waals surface area contributed by atoms with E-state index in [1.54, 1.807) is 6.07 Å². The molecule has 0 amide bonds. The molecule has 2 rings (SSSR count). The van der Waals surface area contributed by atoms with Crippen molar-refractivity contribution in [1.82, 2.24) is 0 Å². The molecule has 1 aliphatic carbocycles. The van der Waals surface area contributed by atoms with Crippen LogP contribution < -0.4 is 4.74 Å². The van der Waals surface area contributed by atoms with Gasteiger partial charge in [0, 0.05) is 5.41 Å². The van der Waals surface area contributed by atoms with Gasteiger partial charge >= 0.3 is 0 Å². The maximum Gasteiger partial charge on any atom is 0.133 e. The summed E-state index contributed by atoms with van der Waals surface area (Å²) in [5, 5.41) is 0. The van der Waals surface area contributed by atoms with Gasteiger partial charge in [0.2, 0.25) is 0 Å². The summed E-state index contributed by atoms with van der Waals surface area (Å²) in [4.78, 5) is 0. The van der Waals surface area contributed by atoms with Gasteiger partial charge in [0.25, 0.3) is 0 Å². The summed E-state index contributed by atoms with van der Waals surface area (Å²) in [5.74, 6) is 1.30. The van der Waals surface area contributed by atoms with E-state index in [1.165, 1.54) is 31.4 Å². The number of hydrogen-bond donors (Lipinski definition) is 1. The molecular formula is C12H14BrFOS. The van der Waals surface area contributed by atoms with Crippen LogP contribution in [-0.4, -0.2) is 12.4 Å². The highest BCUT2D eigenvalue weighted by atomic mass is 79.9. The first kappa shape index (κ1) is 12.2. The number of thiol groups is 1. The van der Waals surface area contributed by atoms with Crippen molar-refractivity contribution in [3.63, 3.8) is 0 Å². The molecule has 0 radical (unpaired) electrons. The van der Waals surface area contributed by atoms with Gasteiger partial charge in [-0.25, -0.2) is 4.39 Å². The van der Waals surface area contributed by atoms with Gasteiger partial charge in [0.1, 0.15) is 11.6 Å². The van der Waals surface area contributed by atoms with Gasteiger partial charge in [-0.3, -0.25) is 0 Å². The fourth-order valence-corrected chi connectivity index (χ4v) is 2.72. The second-order valence-electron chi connectivity index (χ2n) is 4.38. The van der Waals surface area contributed by atoms with Crippen molar-refractivity contribution in [3.05, 3.63) is 28.5 Å². The number of halogens is 2. The number of rotatable bonds is 4. The minimum atomic E-state index is -0.258. The summed E-state index contributed by atoms with van der Waals surface area (Å²) in [6.45, 7) is 0.667. The average Bonchev–Trinajstić information content (AvgIpc) is 2.19. The number of ether oxygens (including phenoxy) is 1. The minimum Gasteiger partial charge on any atom is -0.492 e. The molecule has 88 valence electrons. The Hall–Kier alpha value is -0.220. The van der Waals surface area contributed by atoms with E-state index >= 15 is 0 Å². The highest BCUT2D eigenvalue weighted by molar-refractivity contribution is 9.10. The molecule has 0 aliphatic heterocycles. The van der Waals surface area contributed by atoms with Crippen LogP contribution in [0.1, 0.15) is 19.3 Å². The first-order chi connectivity index (χ1) is 7.65. The van der Waals surface area contributed by atoms with Gasteiger partial charge in [-0.05, 0) is 52.7 Å². The van der Waals surface area contributed by atoms with Crippen LogP contribution in [0, 0.1) is 11.2 Å². The largest absolute Gasteiger partial charge is 0.492 e. The topological polar surface area (TPSA) is 9.23 Å². The monoisotopic (exact) mass is 304 g/mol. The standard InChI is InChI=1S/C12H14BrFOS/c13-10-6-9(14)2-3-11(10)15-7-12(8-16)4-1-5-12/h2-3,6,16H,1,4-5,7-8H2. The van der Waals surface area contributed by atoms with Gasteiger partial charge in [-0.15, -0.1) is 0 Å². The molecule has 1 fully saturated rings. The van der Waals surface area contributed by atoms with Crippen molar-refractivity contribution in [1.29, 1.82) is 0 Å². The van der Waals surface area contributed by atoms with Gasteiger partial charge in [-0.2, -0.15) is 12.6 Å². The first-order valence-corrected chi connectivity index (χ1v) is 6.76. The Labute approximate surface area is 109 Å². The van der Waals surface area contributed by atoms with Crippen molar-refractivity contribution in [2.45, 2.75) is 19.3 Å². The lowest BCUT2D eigenvalue weighted by atomic mass is 9.71. The molecule has 1 aliphatic rings. The van der Waals surface area contributed by atoms with E-state index in [2.05, 4.69) is 28.6 Å². The van der Waals surface area contributed by atoms with Crippen molar-refractivity contribution in [3.8, 4) is 5.75 Å². The van der Waals surface area contributed by atoms with E-state index < -0.39 is 0 Å². The molecule has 0 bridgehead atoms. The van der Waals surface area contributed by atoms with Gasteiger partial charge in [-0.1, -0.05) is 6.42 Å². The smallest absolute Gasteiger partial charge is 0.133 e. The molecule has 0 N–H and O–H groups in total. The third-order valence-electron chi connectivity index (χ3n) is 3.18. The molecule has 0 atom stereocenters. The Morgan fingerprint density at radius 3 is 2.69 bits per heavy atom. The molecule has 1 aromatic rings. The molecule has 0 spiro atoms. The second-order valence-corrected chi connectivity index (χ2v) is 5.55. The summed E-state index contributed by atoms with van der Waals surface area (Å²) in [6, 6.07) is 4.49. The Kier molecular flexibility index (Phi) is 3.80. The minimum absolute atomic E-state index is 0.233. The summed E-state index contributed by atoms with van der Waals surface area (Å²) in [6.07, 6.45) is 3.61. The molecule has 0 saturated heterocycles. The van der Waals surface area contributed by atoms with E-state index in [4.69, 9.17) is 4.74 Å². The lowest BCUT2D eigenvalue weighted by Gasteiger charge is -2.40. The Balaban J connectivity index is 1.99. The number of hydrogen-bond acceptors (Lipinski definition) is 2. The normalized spacial score (nSPS) is 17.9. The molecule has 1 nitrogen and oxygen atoms in total. The van der Waals surface area contributed by atoms with Crippen molar-refractivity contribution in [2.24, 2.45) is 5.41 Å². The van der Waals surface area contributed by atoms with Crippen LogP contribution in [0.3, 0.4) is 0 Å². The van der Waals surface area contributed by atoms with E-state index in [0.29, 0.717) is 16.8 Å². The Morgan fingerprint density at radius 1 is 1.44 bits per heavy atom. The molecule has 1 aromatic carbocycles. The summed E-state index contributed by atoms with van der Waals surface area (Å²) in [5.41, 5.74) is 0.233. The van der Waals surface area contributed by atoms with Crippen LogP contribution in [0.15, 0.2) is 22.7 Å². The van der Waals surface area contributed by atoms with Crippen LogP contribution in [-0.2, 0) is 0 Å². The van der Waals surface area contributed by atoms with E-state index in [1.807, 2.05) is 0 Å². The van der Waals surface area contributed by atoms with Crippen LogP contribution >= 0.6 is 28.6 Å². The van der Waals surface area contributed by atoms with Crippen molar-refractivity contribution in [2.75, 3.05) is 12.4 Å². The van der Waals surface area contributed by atoms with Crippen LogP contribution in [0.5, 0.6) is 5.75 Å². The van der Waals surface area contributed by atoms with Crippen LogP contribution in [0.2, 0.25) is 0 Å². The lowest BCUT2D eigenvalue weighted by Crippen LogP contribution is -2.37. The van der Waals surface area contributed by atoms with Gasteiger partial charge in [0.15, 0.2) is 0 Å². The van der Waals surface area contributed by atoms with Crippen molar-refractivity contribution < 1.29 is 9.13 Å². The van der Waals surface area contributed by atoms with Gasteiger partial charge in [0.05, 0.1) is 11.1 Å². The summed E-state index contributed by atoms with van der Waals surface area (Å²) < 4.78 is 19.3. The third-order valence-corrected chi connectivity index (χ3v) is 4.47. The predicted molar refractivity (Wildman–Crippen MR) is 69.7 cm³/mol. The zero-order chi connectivity index (χ0) is 11.6. The molecule has 1 saturated carbocycles. The maximum absolute atomic E-state index is 12.9. The first-order valence-electron chi connectivity index (χ1n) is 5.34. The van der Waals surface area contributed by atoms with Crippen molar-refractivity contribution >= 4 is 28.6 Å². The SMILES string of the molecule is Fc1ccc(OCC2(CS)CCC2)c(Br)c1. The Bertz CT molecular complexity index is 374. The molecule has 0 unspecified atom stereocenters. The molecule has 0 aromatic heterocycles. The zero-order valence-electron chi connectivity index (χ0n) is 8.88. The highest BCUT2D eigenvalue weighted by Crippen LogP contribution is 2.42. The molecule has 4 heteroatoms. The second kappa shape index (κ2) is 4.96. The third kappa shape index (κ3) is 2.54. The number of benzene rings is 1. The van der Waals surface area contributed by atoms with Gasteiger partial charge < -0.3 is 4.74 Å². The molecule has 16 heavy (non-hydrogen) atoms. The zero-order valence-corrected chi connectivity index (χ0v) is 11.4.